The van der Waals surface area contributed by atoms with Gasteiger partial charge >= 0.3 is 0 Å². The highest BCUT2D eigenvalue weighted by atomic mass is 32.1. The first-order chi connectivity index (χ1) is 15.1. The number of fused-ring (bicyclic) bond motifs is 1. The molecule has 0 atom stereocenters. The fourth-order valence-corrected chi connectivity index (χ4v) is 4.37. The normalized spacial score (nSPS) is 13.1. The molecule has 2 aromatic carbocycles. The molecule has 2 heterocycles. The molecule has 7 heteroatoms. The number of nitrogens with zero attached hydrogens (tertiary/aromatic N) is 3. The zero-order valence-electron chi connectivity index (χ0n) is 16.4. The van der Waals surface area contributed by atoms with Crippen molar-refractivity contribution in [3.8, 4) is 11.8 Å². The Balaban J connectivity index is 1.45. The van der Waals surface area contributed by atoms with Gasteiger partial charge in [0.05, 0.1) is 15.8 Å². The number of pyridine rings is 1. The van der Waals surface area contributed by atoms with Crippen molar-refractivity contribution >= 4 is 27.3 Å². The van der Waals surface area contributed by atoms with Gasteiger partial charge in [-0.15, -0.1) is 11.3 Å². The standard InChI is InChI=1S/C24H17N3O3S/c25-12-15-11-16(13-27(24(15)29)17-9-10-17)23(28)18-5-1-3-7-20(18)30-14-22-26-19-6-2-4-8-21(19)31-22/h1-8,11,13,17H,9-10,14H2. The summed E-state index contributed by atoms with van der Waals surface area (Å²) in [4.78, 5) is 30.2. The van der Waals surface area contributed by atoms with Gasteiger partial charge in [0.15, 0.2) is 5.78 Å². The van der Waals surface area contributed by atoms with E-state index in [2.05, 4.69) is 4.98 Å². The highest BCUT2D eigenvalue weighted by Crippen LogP contribution is 2.34. The van der Waals surface area contributed by atoms with Crippen LogP contribution in [0.25, 0.3) is 10.2 Å². The van der Waals surface area contributed by atoms with Crippen LogP contribution in [0, 0.1) is 11.3 Å². The number of aromatic nitrogens is 2. The van der Waals surface area contributed by atoms with Crippen LogP contribution in [0.5, 0.6) is 5.75 Å². The SMILES string of the molecule is N#Cc1cc(C(=O)c2ccccc2OCc2nc3ccccc3s2)cn(C2CC2)c1=O. The lowest BCUT2D eigenvalue weighted by atomic mass is 10.0. The van der Waals surface area contributed by atoms with Gasteiger partial charge in [0.2, 0.25) is 0 Å². The molecule has 2 aromatic heterocycles. The van der Waals surface area contributed by atoms with Gasteiger partial charge < -0.3 is 9.30 Å². The van der Waals surface area contributed by atoms with Crippen molar-refractivity contribution in [1.82, 2.24) is 9.55 Å². The maximum atomic E-state index is 13.3. The van der Waals surface area contributed by atoms with E-state index in [1.807, 2.05) is 30.3 Å². The number of carbonyl (C=O) groups is 1. The molecule has 5 rings (SSSR count). The quantitative estimate of drug-likeness (QED) is 0.424. The second kappa shape index (κ2) is 7.82. The Morgan fingerprint density at radius 3 is 2.74 bits per heavy atom. The molecule has 0 spiro atoms. The smallest absolute Gasteiger partial charge is 0.268 e. The van der Waals surface area contributed by atoms with Gasteiger partial charge in [0.1, 0.15) is 29.0 Å². The lowest BCUT2D eigenvalue weighted by molar-refractivity contribution is 0.103. The Hall–Kier alpha value is -3.76. The molecule has 31 heavy (non-hydrogen) atoms. The van der Waals surface area contributed by atoms with Crippen LogP contribution in [0.3, 0.4) is 0 Å². The number of hydrogen-bond acceptors (Lipinski definition) is 6. The van der Waals surface area contributed by atoms with E-state index in [9.17, 15) is 14.9 Å². The number of para-hydroxylation sites is 2. The molecule has 1 fully saturated rings. The monoisotopic (exact) mass is 427 g/mol. The molecule has 152 valence electrons. The number of hydrogen-bond donors (Lipinski definition) is 0. The number of nitriles is 1. The number of ether oxygens (including phenoxy) is 1. The summed E-state index contributed by atoms with van der Waals surface area (Å²) in [5.41, 5.74) is 1.24. The Kier molecular flexibility index (Phi) is 4.85. The van der Waals surface area contributed by atoms with E-state index in [-0.39, 0.29) is 29.6 Å². The molecule has 0 N–H and O–H groups in total. The molecular formula is C24H17N3O3S. The van der Waals surface area contributed by atoms with Crippen LogP contribution in [-0.2, 0) is 6.61 Å². The Bertz CT molecular complexity index is 1380. The predicted octanol–water partition coefficient (Wildman–Crippen LogP) is 4.47. The van der Waals surface area contributed by atoms with Crippen LogP contribution >= 0.6 is 11.3 Å². The Morgan fingerprint density at radius 1 is 1.19 bits per heavy atom. The van der Waals surface area contributed by atoms with Crippen molar-refractivity contribution in [1.29, 1.82) is 5.26 Å². The fourth-order valence-electron chi connectivity index (χ4n) is 3.49. The topological polar surface area (TPSA) is 85.0 Å². The van der Waals surface area contributed by atoms with E-state index in [1.165, 1.54) is 10.6 Å². The molecule has 1 aliphatic rings. The van der Waals surface area contributed by atoms with Gasteiger partial charge in [-0.25, -0.2) is 4.98 Å². The third kappa shape index (κ3) is 3.74. The Morgan fingerprint density at radius 2 is 1.97 bits per heavy atom. The molecular weight excluding hydrogens is 410 g/mol. The van der Waals surface area contributed by atoms with Crippen molar-refractivity contribution in [2.75, 3.05) is 0 Å². The Labute approximate surface area is 182 Å². The highest BCUT2D eigenvalue weighted by molar-refractivity contribution is 7.18. The molecule has 1 saturated carbocycles. The minimum atomic E-state index is -0.345. The molecule has 0 unspecified atom stereocenters. The minimum absolute atomic E-state index is 0.0226. The summed E-state index contributed by atoms with van der Waals surface area (Å²) in [6.45, 7) is 0.245. The summed E-state index contributed by atoms with van der Waals surface area (Å²) in [5.74, 6) is 0.153. The van der Waals surface area contributed by atoms with Crippen LogP contribution < -0.4 is 10.3 Å². The zero-order valence-corrected chi connectivity index (χ0v) is 17.3. The van der Waals surface area contributed by atoms with E-state index in [0.717, 1.165) is 28.1 Å². The number of rotatable bonds is 6. The first kappa shape index (κ1) is 19.2. The second-order valence-electron chi connectivity index (χ2n) is 7.39. The summed E-state index contributed by atoms with van der Waals surface area (Å²) in [5, 5.41) is 10.2. The van der Waals surface area contributed by atoms with Crippen molar-refractivity contribution in [3.05, 3.63) is 92.8 Å². The van der Waals surface area contributed by atoms with Crippen molar-refractivity contribution < 1.29 is 9.53 Å². The summed E-state index contributed by atoms with van der Waals surface area (Å²) in [7, 11) is 0. The maximum absolute atomic E-state index is 13.3. The van der Waals surface area contributed by atoms with Crippen LogP contribution in [0.1, 0.15) is 45.4 Å². The van der Waals surface area contributed by atoms with Crippen molar-refractivity contribution in [2.45, 2.75) is 25.5 Å². The van der Waals surface area contributed by atoms with Crippen LogP contribution in [0.2, 0.25) is 0 Å². The van der Waals surface area contributed by atoms with E-state index in [0.29, 0.717) is 16.9 Å². The second-order valence-corrected chi connectivity index (χ2v) is 8.50. The maximum Gasteiger partial charge on any atom is 0.268 e. The van der Waals surface area contributed by atoms with Gasteiger partial charge in [0, 0.05) is 17.8 Å². The first-order valence-corrected chi connectivity index (χ1v) is 10.7. The van der Waals surface area contributed by atoms with Gasteiger partial charge in [-0.3, -0.25) is 9.59 Å². The summed E-state index contributed by atoms with van der Waals surface area (Å²) in [6, 6.07) is 18.2. The van der Waals surface area contributed by atoms with Crippen LogP contribution in [0.4, 0.5) is 0 Å². The third-order valence-electron chi connectivity index (χ3n) is 5.19. The van der Waals surface area contributed by atoms with Crippen LogP contribution in [-0.4, -0.2) is 15.3 Å². The number of ketones is 1. The molecule has 4 aromatic rings. The third-order valence-corrected chi connectivity index (χ3v) is 6.20. The number of carbonyl (C=O) groups excluding carboxylic acids is 1. The minimum Gasteiger partial charge on any atom is -0.486 e. The molecule has 0 radical (unpaired) electrons. The fraction of sp³-hybridized carbons (Fsp3) is 0.167. The summed E-state index contributed by atoms with van der Waals surface area (Å²) < 4.78 is 8.55. The molecule has 6 nitrogen and oxygen atoms in total. The largest absolute Gasteiger partial charge is 0.486 e. The molecule has 0 saturated heterocycles. The summed E-state index contributed by atoms with van der Waals surface area (Å²) in [6.07, 6.45) is 3.32. The summed E-state index contributed by atoms with van der Waals surface area (Å²) >= 11 is 1.55. The van der Waals surface area contributed by atoms with E-state index >= 15 is 0 Å². The van der Waals surface area contributed by atoms with Gasteiger partial charge in [0.25, 0.3) is 5.56 Å². The molecule has 0 bridgehead atoms. The molecule has 0 aliphatic heterocycles. The average molecular weight is 427 g/mol. The number of thiazole rings is 1. The predicted molar refractivity (Wildman–Crippen MR) is 118 cm³/mol. The molecule has 0 amide bonds. The zero-order chi connectivity index (χ0) is 21.4. The van der Waals surface area contributed by atoms with Crippen molar-refractivity contribution in [2.24, 2.45) is 0 Å². The number of benzene rings is 2. The lowest BCUT2D eigenvalue weighted by Gasteiger charge is -2.11. The van der Waals surface area contributed by atoms with Crippen LogP contribution in [0.15, 0.2) is 65.6 Å². The van der Waals surface area contributed by atoms with Crippen molar-refractivity contribution in [3.63, 3.8) is 0 Å². The van der Waals surface area contributed by atoms with E-state index in [4.69, 9.17) is 4.74 Å². The first-order valence-electron chi connectivity index (χ1n) is 9.91. The highest BCUT2D eigenvalue weighted by Gasteiger charge is 2.27. The van der Waals surface area contributed by atoms with E-state index in [1.54, 1.807) is 41.8 Å². The average Bonchev–Trinajstić information content (AvgIpc) is 3.56. The van der Waals surface area contributed by atoms with Gasteiger partial charge in [-0.05, 0) is 43.2 Å². The van der Waals surface area contributed by atoms with Gasteiger partial charge in [-0.1, -0.05) is 24.3 Å². The lowest BCUT2D eigenvalue weighted by Crippen LogP contribution is -2.23. The molecule has 1 aliphatic carbocycles. The van der Waals surface area contributed by atoms with Gasteiger partial charge in [-0.2, -0.15) is 5.26 Å². The van der Waals surface area contributed by atoms with E-state index < -0.39 is 0 Å².